The Bertz CT molecular complexity index is 1270. The van der Waals surface area contributed by atoms with Crippen LogP contribution in [0.15, 0.2) is 54.6 Å². The Kier molecular flexibility index (Phi) is 4.71. The van der Waals surface area contributed by atoms with E-state index in [4.69, 9.17) is 4.74 Å². The van der Waals surface area contributed by atoms with Crippen LogP contribution in [0, 0.1) is 0 Å². The maximum absolute atomic E-state index is 13.2. The van der Waals surface area contributed by atoms with E-state index in [1.807, 2.05) is 0 Å². The summed E-state index contributed by atoms with van der Waals surface area (Å²) in [6.45, 7) is 0. The van der Waals surface area contributed by atoms with E-state index < -0.39 is 29.6 Å². The highest BCUT2D eigenvalue weighted by Gasteiger charge is 2.38. The number of rotatable bonds is 3. The molecule has 0 bridgehead atoms. The molecule has 0 aliphatic rings. The van der Waals surface area contributed by atoms with E-state index in [1.165, 1.54) is 24.3 Å². The highest BCUT2D eigenvalue weighted by atomic mass is 19.4. The summed E-state index contributed by atoms with van der Waals surface area (Å²) in [5.41, 5.74) is -0.777. The molecular weight excluding hydrogens is 430 g/mol. The third-order valence-corrected chi connectivity index (χ3v) is 4.17. The van der Waals surface area contributed by atoms with Crippen molar-refractivity contribution in [3.8, 4) is 28.5 Å². The van der Waals surface area contributed by atoms with Gasteiger partial charge in [0.1, 0.15) is 11.5 Å². The number of aromatic hydroxyl groups is 1. The van der Waals surface area contributed by atoms with Crippen LogP contribution < -0.4 is 4.74 Å². The Morgan fingerprint density at radius 3 is 2.29 bits per heavy atom. The summed E-state index contributed by atoms with van der Waals surface area (Å²) >= 11 is 0. The summed E-state index contributed by atoms with van der Waals surface area (Å²) in [5, 5.41) is 19.7. The van der Waals surface area contributed by atoms with Crippen LogP contribution in [-0.2, 0) is 12.4 Å². The molecular formula is C19H10F6N4O2. The lowest BCUT2D eigenvalue weighted by atomic mass is 10.0. The molecule has 2 heterocycles. The van der Waals surface area contributed by atoms with Crippen molar-refractivity contribution in [1.29, 1.82) is 0 Å². The quantitative estimate of drug-likeness (QED) is 0.436. The molecule has 0 amide bonds. The van der Waals surface area contributed by atoms with Gasteiger partial charge in [-0.05, 0) is 35.9 Å². The topological polar surface area (TPSA) is 72.5 Å². The summed E-state index contributed by atoms with van der Waals surface area (Å²) in [7, 11) is 0. The fourth-order valence-electron chi connectivity index (χ4n) is 2.81. The monoisotopic (exact) mass is 440 g/mol. The number of ether oxygens (including phenoxy) is 1. The highest BCUT2D eigenvalue weighted by molar-refractivity contribution is 5.72. The van der Waals surface area contributed by atoms with Crippen molar-refractivity contribution >= 4 is 5.65 Å². The minimum absolute atomic E-state index is 0.137. The second-order valence-electron chi connectivity index (χ2n) is 6.32. The van der Waals surface area contributed by atoms with E-state index in [-0.39, 0.29) is 22.7 Å². The van der Waals surface area contributed by atoms with Crippen LogP contribution in [0.25, 0.3) is 16.8 Å². The fourth-order valence-corrected chi connectivity index (χ4v) is 2.81. The van der Waals surface area contributed by atoms with Crippen LogP contribution in [0.3, 0.4) is 0 Å². The first-order chi connectivity index (χ1) is 14.5. The Labute approximate surface area is 169 Å². The second kappa shape index (κ2) is 7.15. The largest absolute Gasteiger partial charge is 0.508 e. The second-order valence-corrected chi connectivity index (χ2v) is 6.32. The minimum atomic E-state index is -4.85. The lowest BCUT2D eigenvalue weighted by molar-refractivity contribution is -0.146. The Balaban J connectivity index is 1.83. The van der Waals surface area contributed by atoms with Gasteiger partial charge in [0.2, 0.25) is 5.88 Å². The van der Waals surface area contributed by atoms with E-state index in [2.05, 4.69) is 15.3 Å². The van der Waals surface area contributed by atoms with Crippen LogP contribution in [0.4, 0.5) is 26.3 Å². The molecule has 4 aromatic rings. The van der Waals surface area contributed by atoms with Crippen LogP contribution in [0.2, 0.25) is 0 Å². The first-order valence-corrected chi connectivity index (χ1v) is 8.50. The molecule has 2 aromatic carbocycles. The highest BCUT2D eigenvalue weighted by Crippen LogP contribution is 2.39. The van der Waals surface area contributed by atoms with Crippen molar-refractivity contribution in [2.75, 3.05) is 0 Å². The summed E-state index contributed by atoms with van der Waals surface area (Å²) < 4.78 is 84.6. The van der Waals surface area contributed by atoms with Gasteiger partial charge in [0.15, 0.2) is 5.65 Å². The molecule has 0 radical (unpaired) electrons. The molecule has 0 unspecified atom stereocenters. The molecule has 6 nitrogen and oxygen atoms in total. The van der Waals surface area contributed by atoms with Gasteiger partial charge in [-0.1, -0.05) is 18.2 Å². The minimum Gasteiger partial charge on any atom is -0.508 e. The molecule has 160 valence electrons. The van der Waals surface area contributed by atoms with Crippen molar-refractivity contribution < 1.29 is 36.2 Å². The molecule has 0 spiro atoms. The van der Waals surface area contributed by atoms with E-state index in [0.29, 0.717) is 16.1 Å². The number of phenols is 1. The number of fused-ring (bicyclic) bond motifs is 1. The SMILES string of the molecule is Oc1cccc(-c2ccc(C(F)(F)F)cc2Oc2ccc3nnc(C(F)(F)F)n3n2)c1. The molecule has 2 aromatic heterocycles. The van der Waals surface area contributed by atoms with Crippen LogP contribution in [0.5, 0.6) is 17.4 Å². The van der Waals surface area contributed by atoms with Gasteiger partial charge in [-0.25, -0.2) is 0 Å². The van der Waals surface area contributed by atoms with Crippen molar-refractivity contribution in [2.24, 2.45) is 0 Å². The predicted octanol–water partition coefficient (Wildman–Crippen LogP) is 5.33. The molecule has 31 heavy (non-hydrogen) atoms. The smallest absolute Gasteiger partial charge is 0.453 e. The molecule has 0 fully saturated rings. The van der Waals surface area contributed by atoms with Gasteiger partial charge in [0, 0.05) is 11.6 Å². The van der Waals surface area contributed by atoms with Gasteiger partial charge in [-0.15, -0.1) is 15.3 Å². The average Bonchev–Trinajstić information content (AvgIpc) is 3.11. The summed E-state index contributed by atoms with van der Waals surface area (Å²) in [6.07, 6.45) is -9.54. The van der Waals surface area contributed by atoms with E-state index >= 15 is 0 Å². The van der Waals surface area contributed by atoms with Crippen molar-refractivity contribution in [3.05, 3.63) is 66.0 Å². The first-order valence-electron chi connectivity index (χ1n) is 8.50. The van der Waals surface area contributed by atoms with Crippen molar-refractivity contribution in [3.63, 3.8) is 0 Å². The third kappa shape index (κ3) is 4.09. The number of alkyl halides is 6. The van der Waals surface area contributed by atoms with Gasteiger partial charge >= 0.3 is 12.4 Å². The molecule has 0 saturated carbocycles. The zero-order valence-corrected chi connectivity index (χ0v) is 15.1. The average molecular weight is 440 g/mol. The van der Waals surface area contributed by atoms with Gasteiger partial charge in [-0.3, -0.25) is 0 Å². The maximum atomic E-state index is 13.2. The van der Waals surface area contributed by atoms with Gasteiger partial charge in [-0.2, -0.15) is 30.9 Å². The molecule has 0 atom stereocenters. The molecule has 0 aliphatic heterocycles. The number of aromatic nitrogens is 4. The Morgan fingerprint density at radius 1 is 0.839 bits per heavy atom. The molecule has 1 N–H and O–H groups in total. The Morgan fingerprint density at radius 2 is 1.61 bits per heavy atom. The zero-order valence-electron chi connectivity index (χ0n) is 15.1. The van der Waals surface area contributed by atoms with E-state index in [0.717, 1.165) is 24.3 Å². The summed E-state index contributed by atoms with van der Waals surface area (Å²) in [5.74, 6) is -2.29. The lowest BCUT2D eigenvalue weighted by Gasteiger charge is -2.14. The number of hydrogen-bond donors (Lipinski definition) is 1. The van der Waals surface area contributed by atoms with Crippen molar-refractivity contribution in [2.45, 2.75) is 12.4 Å². The van der Waals surface area contributed by atoms with Gasteiger partial charge < -0.3 is 9.84 Å². The standard InChI is InChI=1S/C19H10F6N4O2/c20-18(21,22)11-4-5-13(10-2-1-3-12(30)8-10)14(9-11)31-16-7-6-15-26-27-17(19(23,24)25)29(15)28-16/h1-9,30H. The number of halogens is 6. The number of benzene rings is 2. The number of hydrogen-bond acceptors (Lipinski definition) is 5. The summed E-state index contributed by atoms with van der Waals surface area (Å²) in [6, 6.07) is 10.6. The lowest BCUT2D eigenvalue weighted by Crippen LogP contribution is -2.12. The van der Waals surface area contributed by atoms with E-state index in [9.17, 15) is 31.4 Å². The molecule has 12 heteroatoms. The van der Waals surface area contributed by atoms with E-state index in [1.54, 1.807) is 0 Å². The predicted molar refractivity (Wildman–Crippen MR) is 94.4 cm³/mol. The molecule has 0 saturated heterocycles. The van der Waals surface area contributed by atoms with Crippen LogP contribution in [0.1, 0.15) is 11.4 Å². The first kappa shape index (κ1) is 20.4. The normalized spacial score (nSPS) is 12.3. The number of nitrogens with zero attached hydrogens (tertiary/aromatic N) is 4. The molecule has 0 aliphatic carbocycles. The van der Waals surface area contributed by atoms with Gasteiger partial charge in [0.25, 0.3) is 5.82 Å². The van der Waals surface area contributed by atoms with Gasteiger partial charge in [0.05, 0.1) is 5.56 Å². The molecule has 4 rings (SSSR count). The third-order valence-electron chi connectivity index (χ3n) is 4.17. The maximum Gasteiger partial charge on any atom is 0.453 e. The fraction of sp³-hybridized carbons (Fsp3) is 0.105. The van der Waals surface area contributed by atoms with Crippen molar-refractivity contribution in [1.82, 2.24) is 19.8 Å². The van der Waals surface area contributed by atoms with Crippen LogP contribution in [-0.4, -0.2) is 24.9 Å². The van der Waals surface area contributed by atoms with Crippen LogP contribution >= 0.6 is 0 Å². The Hall–Kier alpha value is -3.83. The zero-order chi connectivity index (χ0) is 22.4. The summed E-state index contributed by atoms with van der Waals surface area (Å²) in [4.78, 5) is 0. The number of phenolic OH excluding ortho intramolecular Hbond substituents is 1.